The van der Waals surface area contributed by atoms with Crippen LogP contribution in [0.3, 0.4) is 0 Å². The first-order valence-electron chi connectivity index (χ1n) is 6.99. The Kier molecular flexibility index (Phi) is 5.88. The molecule has 0 amide bonds. The number of carboxylic acids is 1. The van der Waals surface area contributed by atoms with Crippen molar-refractivity contribution in [1.29, 1.82) is 5.26 Å². The molecule has 0 saturated heterocycles. The maximum absolute atomic E-state index is 11.2. The number of ether oxygens (including phenoxy) is 1. The van der Waals surface area contributed by atoms with Crippen LogP contribution >= 0.6 is 11.6 Å². The zero-order valence-electron chi connectivity index (χ0n) is 12.5. The molecular weight excluding hydrogens is 332 g/mol. The van der Waals surface area contributed by atoms with Gasteiger partial charge in [-0.1, -0.05) is 11.6 Å². The minimum absolute atomic E-state index is 0.0757. The van der Waals surface area contributed by atoms with Gasteiger partial charge in [0.15, 0.2) is 6.29 Å². The Labute approximate surface area is 143 Å². The van der Waals surface area contributed by atoms with Gasteiger partial charge in [0, 0.05) is 29.4 Å². The number of aryl methyl sites for hydroxylation is 1. The molecule has 0 fully saturated rings. The normalized spacial score (nSPS) is 10.0. The Hall–Kier alpha value is -2.91. The topological polar surface area (TPSA) is 100 Å². The molecule has 0 aliphatic rings. The highest BCUT2D eigenvalue weighted by Gasteiger charge is 2.11. The maximum atomic E-state index is 11.2. The minimum Gasteiger partial charge on any atom is -0.488 e. The van der Waals surface area contributed by atoms with E-state index in [9.17, 15) is 9.59 Å². The van der Waals surface area contributed by atoms with Crippen LogP contribution in [0, 0.1) is 11.3 Å². The lowest BCUT2D eigenvalue weighted by Gasteiger charge is -2.12. The van der Waals surface area contributed by atoms with Gasteiger partial charge in [-0.2, -0.15) is 5.26 Å². The standard InChI is InChI=1S/C17H13ClN2O4/c18-15-4-14(9-21)16(5-13(15)1-2-17(22)23)24-10-12-3-11(6-19)7-20-8-12/h3-5,7-9H,1-2,10H2,(H,22,23). The molecule has 0 radical (unpaired) electrons. The number of aliphatic carboxylic acids is 1. The molecule has 1 heterocycles. The molecule has 2 rings (SSSR count). The fraction of sp³-hybridized carbons (Fsp3) is 0.176. The highest BCUT2D eigenvalue weighted by atomic mass is 35.5. The van der Waals surface area contributed by atoms with E-state index >= 15 is 0 Å². The Morgan fingerprint density at radius 2 is 2.17 bits per heavy atom. The first-order chi connectivity index (χ1) is 11.5. The minimum atomic E-state index is -0.938. The van der Waals surface area contributed by atoms with Crippen LogP contribution in [0.2, 0.25) is 5.02 Å². The Morgan fingerprint density at radius 1 is 1.38 bits per heavy atom. The summed E-state index contributed by atoms with van der Waals surface area (Å²) in [4.78, 5) is 25.8. The van der Waals surface area contributed by atoms with Crippen molar-refractivity contribution in [1.82, 2.24) is 4.98 Å². The molecule has 0 aliphatic carbocycles. The summed E-state index contributed by atoms with van der Waals surface area (Å²) >= 11 is 6.07. The van der Waals surface area contributed by atoms with Crippen molar-refractivity contribution < 1.29 is 19.4 Å². The van der Waals surface area contributed by atoms with E-state index in [1.807, 2.05) is 6.07 Å². The number of carbonyl (C=O) groups excluding carboxylic acids is 1. The summed E-state index contributed by atoms with van der Waals surface area (Å²) in [6.45, 7) is 0.114. The summed E-state index contributed by atoms with van der Waals surface area (Å²) < 4.78 is 5.63. The van der Waals surface area contributed by atoms with E-state index in [1.54, 1.807) is 18.3 Å². The summed E-state index contributed by atoms with van der Waals surface area (Å²) in [5.74, 6) is -0.635. The van der Waals surface area contributed by atoms with E-state index in [1.165, 1.54) is 12.3 Å². The number of hydrogen-bond donors (Lipinski definition) is 1. The van der Waals surface area contributed by atoms with Crippen LogP contribution in [0.1, 0.15) is 33.5 Å². The second-order valence-corrected chi connectivity index (χ2v) is 5.38. The fourth-order valence-corrected chi connectivity index (χ4v) is 2.32. The van der Waals surface area contributed by atoms with Crippen LogP contribution in [0.5, 0.6) is 5.75 Å². The van der Waals surface area contributed by atoms with Crippen molar-refractivity contribution >= 4 is 23.9 Å². The third-order valence-corrected chi connectivity index (χ3v) is 3.58. The molecule has 0 bridgehead atoms. The monoisotopic (exact) mass is 344 g/mol. The van der Waals surface area contributed by atoms with Gasteiger partial charge in [-0.25, -0.2) is 0 Å². The van der Waals surface area contributed by atoms with Crippen LogP contribution in [0.4, 0.5) is 0 Å². The molecule has 24 heavy (non-hydrogen) atoms. The van der Waals surface area contributed by atoms with Gasteiger partial charge in [-0.3, -0.25) is 14.6 Å². The largest absolute Gasteiger partial charge is 0.488 e. The predicted octanol–water partition coefficient (Wildman–Crippen LogP) is 3.02. The maximum Gasteiger partial charge on any atom is 0.303 e. The van der Waals surface area contributed by atoms with Crippen LogP contribution < -0.4 is 4.74 Å². The van der Waals surface area contributed by atoms with Gasteiger partial charge in [0.2, 0.25) is 0 Å². The van der Waals surface area contributed by atoms with Gasteiger partial charge in [-0.05, 0) is 30.2 Å². The quantitative estimate of drug-likeness (QED) is 0.775. The van der Waals surface area contributed by atoms with Crippen LogP contribution in [0.25, 0.3) is 0 Å². The number of halogens is 1. The lowest BCUT2D eigenvalue weighted by molar-refractivity contribution is -0.136. The van der Waals surface area contributed by atoms with E-state index in [0.29, 0.717) is 33.7 Å². The number of nitrogens with zero attached hydrogens (tertiary/aromatic N) is 2. The average molecular weight is 345 g/mol. The van der Waals surface area contributed by atoms with Crippen molar-refractivity contribution in [3.05, 3.63) is 57.9 Å². The predicted molar refractivity (Wildman–Crippen MR) is 86.1 cm³/mol. The van der Waals surface area contributed by atoms with Gasteiger partial charge in [0.25, 0.3) is 0 Å². The molecule has 0 unspecified atom stereocenters. The molecule has 7 heteroatoms. The number of aldehydes is 1. The summed E-state index contributed by atoms with van der Waals surface area (Å²) in [6.07, 6.45) is 3.77. The van der Waals surface area contributed by atoms with Crippen molar-refractivity contribution in [2.45, 2.75) is 19.4 Å². The summed E-state index contributed by atoms with van der Waals surface area (Å²) in [5, 5.41) is 18.0. The molecule has 2 aromatic rings. The first kappa shape index (κ1) is 17.4. The summed E-state index contributed by atoms with van der Waals surface area (Å²) in [5.41, 5.74) is 1.94. The Bertz CT molecular complexity index is 815. The highest BCUT2D eigenvalue weighted by Crippen LogP contribution is 2.28. The van der Waals surface area contributed by atoms with Gasteiger partial charge in [0.05, 0.1) is 11.1 Å². The number of pyridine rings is 1. The van der Waals surface area contributed by atoms with E-state index in [4.69, 9.17) is 26.7 Å². The molecule has 1 N–H and O–H groups in total. The Balaban J connectivity index is 2.21. The van der Waals surface area contributed by atoms with E-state index < -0.39 is 5.97 Å². The van der Waals surface area contributed by atoms with Crippen LogP contribution in [-0.4, -0.2) is 22.3 Å². The SMILES string of the molecule is N#Cc1cncc(COc2cc(CCC(=O)O)c(Cl)cc2C=O)c1. The summed E-state index contributed by atoms with van der Waals surface area (Å²) in [7, 11) is 0. The van der Waals surface area contributed by atoms with Crippen molar-refractivity contribution in [2.75, 3.05) is 0 Å². The Morgan fingerprint density at radius 3 is 2.83 bits per heavy atom. The van der Waals surface area contributed by atoms with Crippen molar-refractivity contribution in [3.63, 3.8) is 0 Å². The van der Waals surface area contributed by atoms with Gasteiger partial charge in [0.1, 0.15) is 18.4 Å². The zero-order chi connectivity index (χ0) is 17.5. The third kappa shape index (κ3) is 4.54. The molecule has 1 aromatic heterocycles. The average Bonchev–Trinajstić information content (AvgIpc) is 2.59. The molecule has 6 nitrogen and oxygen atoms in total. The number of carboxylic acid groups (broad SMARTS) is 1. The second kappa shape index (κ2) is 8.09. The van der Waals surface area contributed by atoms with Crippen LogP contribution in [0.15, 0.2) is 30.6 Å². The van der Waals surface area contributed by atoms with E-state index in [0.717, 1.165) is 0 Å². The molecule has 0 spiro atoms. The molecule has 0 aliphatic heterocycles. The molecule has 122 valence electrons. The second-order valence-electron chi connectivity index (χ2n) is 4.98. The molecule has 0 atom stereocenters. The van der Waals surface area contributed by atoms with Gasteiger partial charge >= 0.3 is 5.97 Å². The number of benzene rings is 1. The van der Waals surface area contributed by atoms with E-state index in [-0.39, 0.29) is 25.0 Å². The fourth-order valence-electron chi connectivity index (χ4n) is 2.05. The van der Waals surface area contributed by atoms with Gasteiger partial charge < -0.3 is 9.84 Å². The lowest BCUT2D eigenvalue weighted by atomic mass is 10.1. The number of hydrogen-bond acceptors (Lipinski definition) is 5. The smallest absolute Gasteiger partial charge is 0.303 e. The molecule has 0 saturated carbocycles. The van der Waals surface area contributed by atoms with Crippen molar-refractivity contribution in [2.24, 2.45) is 0 Å². The zero-order valence-corrected chi connectivity index (χ0v) is 13.3. The van der Waals surface area contributed by atoms with Crippen molar-refractivity contribution in [3.8, 4) is 11.8 Å². The number of carbonyl (C=O) groups is 2. The number of aromatic nitrogens is 1. The van der Waals surface area contributed by atoms with Gasteiger partial charge in [-0.15, -0.1) is 0 Å². The van der Waals surface area contributed by atoms with Crippen LogP contribution in [-0.2, 0) is 17.8 Å². The molecule has 1 aromatic carbocycles. The first-order valence-corrected chi connectivity index (χ1v) is 7.37. The summed E-state index contributed by atoms with van der Waals surface area (Å²) in [6, 6.07) is 6.63. The third-order valence-electron chi connectivity index (χ3n) is 3.23. The van der Waals surface area contributed by atoms with E-state index in [2.05, 4.69) is 4.98 Å². The number of rotatable bonds is 7. The number of nitriles is 1. The lowest BCUT2D eigenvalue weighted by Crippen LogP contribution is -2.02. The highest BCUT2D eigenvalue weighted by molar-refractivity contribution is 6.31. The molecular formula is C17H13ClN2O4.